The summed E-state index contributed by atoms with van der Waals surface area (Å²) in [5.41, 5.74) is 7.35. The van der Waals surface area contributed by atoms with Crippen LogP contribution in [-0.2, 0) is 13.0 Å². The molecule has 7 nitrogen and oxygen atoms in total. The highest BCUT2D eigenvalue weighted by molar-refractivity contribution is 7.17. The van der Waals surface area contributed by atoms with Gasteiger partial charge >= 0.3 is 0 Å². The van der Waals surface area contributed by atoms with Crippen molar-refractivity contribution < 1.29 is 19.1 Å². The first kappa shape index (κ1) is 22.0. The van der Waals surface area contributed by atoms with E-state index in [9.17, 15) is 9.59 Å². The van der Waals surface area contributed by atoms with Gasteiger partial charge in [0, 0.05) is 24.0 Å². The van der Waals surface area contributed by atoms with E-state index in [0.717, 1.165) is 36.5 Å². The molecule has 0 radical (unpaired) electrons. The standard InChI is InChI=1S/C19H23N3O4S.ClH/c1-4-22-8-7-13-15(10-22)27-19(16(13)17(20)23)21-18(24)12-6-5-11(25-2)9-14(12)26-3;/h5-6,9H,4,7-8,10H2,1-3H3,(H2,20,23)(H,21,24);1H. The fraction of sp³-hybridized carbons (Fsp3) is 0.368. The monoisotopic (exact) mass is 425 g/mol. The van der Waals surface area contributed by atoms with E-state index >= 15 is 0 Å². The second-order valence-corrected chi connectivity index (χ2v) is 7.32. The number of fused-ring (bicyclic) bond motifs is 1. The molecule has 28 heavy (non-hydrogen) atoms. The molecule has 1 aliphatic rings. The minimum atomic E-state index is -0.519. The summed E-state index contributed by atoms with van der Waals surface area (Å²) in [5.74, 6) is 0.107. The molecule has 2 aromatic rings. The van der Waals surface area contributed by atoms with Gasteiger partial charge < -0.3 is 20.5 Å². The van der Waals surface area contributed by atoms with Gasteiger partial charge in [-0.1, -0.05) is 6.92 Å². The van der Waals surface area contributed by atoms with Crippen LogP contribution in [0.3, 0.4) is 0 Å². The van der Waals surface area contributed by atoms with Gasteiger partial charge in [-0.15, -0.1) is 23.7 Å². The lowest BCUT2D eigenvalue weighted by Gasteiger charge is -2.25. The van der Waals surface area contributed by atoms with Crippen LogP contribution in [0.4, 0.5) is 5.00 Å². The summed E-state index contributed by atoms with van der Waals surface area (Å²) in [4.78, 5) is 28.2. The Morgan fingerprint density at radius 1 is 1.29 bits per heavy atom. The molecule has 0 saturated carbocycles. The summed E-state index contributed by atoms with van der Waals surface area (Å²) in [6.07, 6.45) is 0.750. The van der Waals surface area contributed by atoms with Crippen molar-refractivity contribution in [1.29, 1.82) is 0 Å². The van der Waals surface area contributed by atoms with Gasteiger partial charge in [-0.2, -0.15) is 0 Å². The summed E-state index contributed by atoms with van der Waals surface area (Å²) in [5, 5.41) is 3.34. The zero-order chi connectivity index (χ0) is 19.6. The number of carbonyl (C=O) groups is 2. The summed E-state index contributed by atoms with van der Waals surface area (Å²) in [7, 11) is 3.03. The Hall–Kier alpha value is -2.29. The van der Waals surface area contributed by atoms with Gasteiger partial charge in [0.1, 0.15) is 16.5 Å². The molecule has 9 heteroatoms. The average Bonchev–Trinajstić information content (AvgIpc) is 3.04. The number of nitrogens with two attached hydrogens (primary N) is 1. The molecule has 0 aliphatic carbocycles. The number of hydrogen-bond donors (Lipinski definition) is 2. The van der Waals surface area contributed by atoms with Gasteiger partial charge in [-0.25, -0.2) is 0 Å². The van der Waals surface area contributed by atoms with Crippen molar-refractivity contribution in [3.8, 4) is 11.5 Å². The molecule has 0 spiro atoms. The third kappa shape index (κ3) is 4.24. The van der Waals surface area contributed by atoms with Crippen molar-refractivity contribution in [2.45, 2.75) is 19.9 Å². The van der Waals surface area contributed by atoms with E-state index in [2.05, 4.69) is 17.1 Å². The molecule has 0 atom stereocenters. The molecular weight excluding hydrogens is 402 g/mol. The Morgan fingerprint density at radius 3 is 2.64 bits per heavy atom. The Morgan fingerprint density at radius 2 is 2.04 bits per heavy atom. The molecule has 1 aromatic heterocycles. The second-order valence-electron chi connectivity index (χ2n) is 6.21. The fourth-order valence-corrected chi connectivity index (χ4v) is 4.52. The SMILES string of the molecule is CCN1CCc2c(sc(NC(=O)c3ccc(OC)cc3OC)c2C(N)=O)C1.Cl. The highest BCUT2D eigenvalue weighted by Gasteiger charge is 2.27. The highest BCUT2D eigenvalue weighted by Crippen LogP contribution is 2.37. The number of anilines is 1. The van der Waals surface area contributed by atoms with Crippen LogP contribution in [-0.4, -0.2) is 44.0 Å². The number of likely N-dealkylation sites (N-methyl/N-ethyl adjacent to an activating group) is 1. The Balaban J connectivity index is 0.00000280. The number of nitrogens with one attached hydrogen (secondary N) is 1. The van der Waals surface area contributed by atoms with Crippen LogP contribution in [0.5, 0.6) is 11.5 Å². The van der Waals surface area contributed by atoms with E-state index in [1.807, 2.05) is 0 Å². The maximum Gasteiger partial charge on any atom is 0.260 e. The molecule has 152 valence electrons. The maximum atomic E-state index is 12.8. The number of hydrogen-bond acceptors (Lipinski definition) is 6. The lowest BCUT2D eigenvalue weighted by molar-refractivity contribution is 0.1000. The van der Waals surface area contributed by atoms with Gasteiger partial charge in [0.25, 0.3) is 11.8 Å². The largest absolute Gasteiger partial charge is 0.497 e. The van der Waals surface area contributed by atoms with Crippen LogP contribution in [0.1, 0.15) is 38.1 Å². The number of benzene rings is 1. The highest BCUT2D eigenvalue weighted by atomic mass is 35.5. The van der Waals surface area contributed by atoms with Crippen molar-refractivity contribution in [2.24, 2.45) is 5.73 Å². The normalized spacial score (nSPS) is 13.2. The summed E-state index contributed by atoms with van der Waals surface area (Å²) in [6.45, 7) is 4.68. The van der Waals surface area contributed by atoms with Crippen LogP contribution in [0, 0.1) is 0 Å². The molecule has 0 fully saturated rings. The van der Waals surface area contributed by atoms with Crippen LogP contribution in [0.15, 0.2) is 18.2 Å². The van der Waals surface area contributed by atoms with Crippen molar-refractivity contribution in [2.75, 3.05) is 32.6 Å². The van der Waals surface area contributed by atoms with E-state index in [1.165, 1.54) is 18.4 Å². The zero-order valence-electron chi connectivity index (χ0n) is 16.0. The van der Waals surface area contributed by atoms with E-state index in [0.29, 0.717) is 27.6 Å². The van der Waals surface area contributed by atoms with Gasteiger partial charge in [0.05, 0.1) is 25.3 Å². The van der Waals surface area contributed by atoms with Gasteiger partial charge in [0.15, 0.2) is 0 Å². The quantitative estimate of drug-likeness (QED) is 0.742. The van der Waals surface area contributed by atoms with Crippen molar-refractivity contribution in [3.63, 3.8) is 0 Å². The molecule has 3 N–H and O–H groups in total. The number of rotatable bonds is 6. The summed E-state index contributed by atoms with van der Waals surface area (Å²) < 4.78 is 10.5. The van der Waals surface area contributed by atoms with Gasteiger partial charge in [0.2, 0.25) is 0 Å². The average molecular weight is 426 g/mol. The van der Waals surface area contributed by atoms with Crippen molar-refractivity contribution in [1.82, 2.24) is 4.90 Å². The maximum absolute atomic E-state index is 12.8. The third-order valence-electron chi connectivity index (χ3n) is 4.71. The molecule has 0 bridgehead atoms. The number of thiophene rings is 1. The van der Waals surface area contributed by atoms with Crippen LogP contribution < -0.4 is 20.5 Å². The number of amides is 2. The molecular formula is C19H24ClN3O4S. The Labute approximate surface area is 174 Å². The topological polar surface area (TPSA) is 93.9 Å². The Bertz CT molecular complexity index is 884. The third-order valence-corrected chi connectivity index (χ3v) is 5.84. The number of ether oxygens (including phenoxy) is 2. The molecule has 0 saturated heterocycles. The number of primary amides is 1. The van der Waals surface area contributed by atoms with Gasteiger partial charge in [-0.3, -0.25) is 14.5 Å². The van der Waals surface area contributed by atoms with Crippen molar-refractivity contribution in [3.05, 3.63) is 39.8 Å². The lowest BCUT2D eigenvalue weighted by atomic mass is 10.0. The van der Waals surface area contributed by atoms with Crippen molar-refractivity contribution >= 4 is 40.6 Å². The lowest BCUT2D eigenvalue weighted by Crippen LogP contribution is -2.30. The van der Waals surface area contributed by atoms with Crippen LogP contribution in [0.2, 0.25) is 0 Å². The molecule has 2 heterocycles. The Kier molecular flexibility index (Phi) is 7.29. The number of carbonyl (C=O) groups excluding carboxylic acids is 2. The zero-order valence-corrected chi connectivity index (χ0v) is 17.7. The second kappa shape index (κ2) is 9.27. The molecule has 1 aliphatic heterocycles. The first-order valence-corrected chi connectivity index (χ1v) is 9.50. The predicted molar refractivity (Wildman–Crippen MR) is 112 cm³/mol. The minimum Gasteiger partial charge on any atom is -0.497 e. The number of halogens is 1. The molecule has 3 rings (SSSR count). The van der Waals surface area contributed by atoms with Gasteiger partial charge in [-0.05, 0) is 30.7 Å². The van der Waals surface area contributed by atoms with Crippen LogP contribution >= 0.6 is 23.7 Å². The van der Waals surface area contributed by atoms with E-state index in [1.54, 1.807) is 25.3 Å². The number of methoxy groups -OCH3 is 2. The number of nitrogens with zero attached hydrogens (tertiary/aromatic N) is 1. The minimum absolute atomic E-state index is 0. The predicted octanol–water partition coefficient (Wildman–Crippen LogP) is 2.92. The summed E-state index contributed by atoms with van der Waals surface area (Å²) >= 11 is 1.41. The molecule has 1 aromatic carbocycles. The van der Waals surface area contributed by atoms with E-state index in [4.69, 9.17) is 15.2 Å². The molecule has 0 unspecified atom stereocenters. The van der Waals surface area contributed by atoms with E-state index in [-0.39, 0.29) is 18.3 Å². The summed E-state index contributed by atoms with van der Waals surface area (Å²) in [6, 6.07) is 4.96. The smallest absolute Gasteiger partial charge is 0.260 e. The molecule has 2 amide bonds. The first-order valence-electron chi connectivity index (χ1n) is 8.68. The first-order chi connectivity index (χ1) is 13.0. The van der Waals surface area contributed by atoms with E-state index < -0.39 is 5.91 Å². The fourth-order valence-electron chi connectivity index (χ4n) is 3.23. The van der Waals surface area contributed by atoms with Crippen LogP contribution in [0.25, 0.3) is 0 Å².